The van der Waals surface area contributed by atoms with E-state index in [1.54, 1.807) is 7.11 Å². The van der Waals surface area contributed by atoms with Crippen LogP contribution in [0.25, 0.3) is 0 Å². The zero-order chi connectivity index (χ0) is 20.1. The number of imidazole rings is 1. The average molecular weight is 385 g/mol. The minimum absolute atomic E-state index is 0.0605. The maximum atomic E-state index is 13.3. The number of methoxy groups -OCH3 is 1. The lowest BCUT2D eigenvalue weighted by atomic mass is 9.95. The Hall–Kier alpha value is -2.34. The number of carbonyl (C=O) groups excluding carboxylic acids is 1. The second-order valence-corrected chi connectivity index (χ2v) is 7.88. The molecule has 1 aromatic carbocycles. The summed E-state index contributed by atoms with van der Waals surface area (Å²) < 4.78 is 7.71. The summed E-state index contributed by atoms with van der Waals surface area (Å²) >= 11 is 0. The first-order valence-corrected chi connectivity index (χ1v) is 10.1. The third kappa shape index (κ3) is 4.55. The van der Waals surface area contributed by atoms with Gasteiger partial charge in [-0.25, -0.2) is 4.98 Å². The molecule has 0 radical (unpaired) electrons. The van der Waals surface area contributed by atoms with Crippen molar-refractivity contribution in [3.8, 4) is 5.75 Å². The first-order chi connectivity index (χ1) is 13.5. The Kier molecular flexibility index (Phi) is 6.73. The van der Waals surface area contributed by atoms with Gasteiger partial charge in [-0.15, -0.1) is 0 Å². The van der Waals surface area contributed by atoms with Crippen LogP contribution in [0, 0.1) is 6.92 Å². The molecule has 1 aliphatic heterocycles. The van der Waals surface area contributed by atoms with Gasteiger partial charge in [0.15, 0.2) is 0 Å². The van der Waals surface area contributed by atoms with Gasteiger partial charge < -0.3 is 19.1 Å². The highest BCUT2D eigenvalue weighted by atomic mass is 16.5. The maximum Gasteiger partial charge on any atom is 0.257 e. The predicted octanol–water partition coefficient (Wildman–Crippen LogP) is 3.17. The third-order valence-corrected chi connectivity index (χ3v) is 5.49. The van der Waals surface area contributed by atoms with Crippen LogP contribution in [0.3, 0.4) is 0 Å². The van der Waals surface area contributed by atoms with Gasteiger partial charge in [-0.05, 0) is 58.5 Å². The number of likely N-dealkylation sites (tertiary alicyclic amines) is 1. The number of amides is 1. The van der Waals surface area contributed by atoms with E-state index in [1.807, 2.05) is 36.2 Å². The first-order valence-electron chi connectivity index (χ1n) is 10.1. The van der Waals surface area contributed by atoms with E-state index in [0.29, 0.717) is 17.9 Å². The Morgan fingerprint density at radius 3 is 2.93 bits per heavy atom. The van der Waals surface area contributed by atoms with Crippen LogP contribution in [0.2, 0.25) is 0 Å². The summed E-state index contributed by atoms with van der Waals surface area (Å²) in [5.74, 6) is 2.10. The molecule has 1 fully saturated rings. The van der Waals surface area contributed by atoms with Gasteiger partial charge in [0, 0.05) is 37.9 Å². The van der Waals surface area contributed by atoms with Crippen molar-refractivity contribution >= 4 is 5.91 Å². The van der Waals surface area contributed by atoms with Crippen molar-refractivity contribution in [3.05, 3.63) is 47.5 Å². The fourth-order valence-electron chi connectivity index (χ4n) is 4.04. The molecule has 1 saturated heterocycles. The number of aromatic nitrogens is 2. The minimum Gasteiger partial charge on any atom is -0.496 e. The molecular weight excluding hydrogens is 352 g/mol. The van der Waals surface area contributed by atoms with Crippen LogP contribution < -0.4 is 4.74 Å². The van der Waals surface area contributed by atoms with Gasteiger partial charge in [0.1, 0.15) is 11.6 Å². The van der Waals surface area contributed by atoms with Crippen LogP contribution in [-0.2, 0) is 6.54 Å². The van der Waals surface area contributed by atoms with Crippen molar-refractivity contribution in [1.29, 1.82) is 0 Å². The van der Waals surface area contributed by atoms with E-state index < -0.39 is 0 Å². The van der Waals surface area contributed by atoms with Gasteiger partial charge >= 0.3 is 0 Å². The largest absolute Gasteiger partial charge is 0.496 e. The van der Waals surface area contributed by atoms with Gasteiger partial charge in [0.2, 0.25) is 0 Å². The van der Waals surface area contributed by atoms with Gasteiger partial charge in [-0.3, -0.25) is 4.79 Å². The fourth-order valence-corrected chi connectivity index (χ4v) is 4.04. The molecule has 1 aromatic heterocycles. The molecule has 0 spiro atoms. The Labute approximate surface area is 168 Å². The molecule has 152 valence electrons. The van der Waals surface area contributed by atoms with Crippen molar-refractivity contribution in [1.82, 2.24) is 19.4 Å². The van der Waals surface area contributed by atoms with Crippen LogP contribution in [0.5, 0.6) is 5.75 Å². The summed E-state index contributed by atoms with van der Waals surface area (Å²) in [4.78, 5) is 22.1. The smallest absolute Gasteiger partial charge is 0.257 e. The number of carbonyl (C=O) groups is 1. The molecule has 28 heavy (non-hydrogen) atoms. The normalized spacial score (nSPS) is 17.2. The van der Waals surface area contributed by atoms with E-state index >= 15 is 0 Å². The van der Waals surface area contributed by atoms with Crippen LogP contribution in [0.4, 0.5) is 0 Å². The third-order valence-electron chi connectivity index (χ3n) is 5.49. The van der Waals surface area contributed by atoms with Gasteiger partial charge in [0.05, 0.1) is 12.7 Å². The molecule has 1 atom stereocenters. The molecule has 2 aromatic rings. The van der Waals surface area contributed by atoms with Gasteiger partial charge in [-0.2, -0.15) is 0 Å². The van der Waals surface area contributed by atoms with Crippen LogP contribution in [0.15, 0.2) is 30.6 Å². The van der Waals surface area contributed by atoms with Crippen molar-refractivity contribution in [3.63, 3.8) is 0 Å². The molecule has 0 saturated carbocycles. The predicted molar refractivity (Wildman–Crippen MR) is 111 cm³/mol. The number of piperidine rings is 1. The monoisotopic (exact) mass is 384 g/mol. The van der Waals surface area contributed by atoms with Crippen LogP contribution in [0.1, 0.15) is 46.9 Å². The van der Waals surface area contributed by atoms with E-state index in [1.165, 1.54) is 0 Å². The molecule has 0 aliphatic carbocycles. The number of hydrogen-bond donors (Lipinski definition) is 0. The van der Waals surface area contributed by atoms with Gasteiger partial charge in [-0.1, -0.05) is 12.1 Å². The van der Waals surface area contributed by atoms with E-state index in [0.717, 1.165) is 50.3 Å². The molecule has 6 nitrogen and oxygen atoms in total. The topological polar surface area (TPSA) is 50.6 Å². The Morgan fingerprint density at radius 1 is 1.36 bits per heavy atom. The van der Waals surface area contributed by atoms with Crippen molar-refractivity contribution in [2.24, 2.45) is 0 Å². The SMILES string of the molecule is COc1cccc(C)c1C(=O)N1CCC[C@H](c2nccn2CCCN(C)C)C1. The summed E-state index contributed by atoms with van der Waals surface area (Å²) in [7, 11) is 5.81. The first kappa shape index (κ1) is 20.4. The summed E-state index contributed by atoms with van der Waals surface area (Å²) in [6.45, 7) is 5.48. The summed E-state index contributed by atoms with van der Waals surface area (Å²) in [5.41, 5.74) is 1.64. The quantitative estimate of drug-likeness (QED) is 0.736. The molecule has 3 rings (SSSR count). The zero-order valence-corrected chi connectivity index (χ0v) is 17.5. The molecule has 0 unspecified atom stereocenters. The zero-order valence-electron chi connectivity index (χ0n) is 17.5. The molecular formula is C22H32N4O2. The highest BCUT2D eigenvalue weighted by molar-refractivity contribution is 5.98. The number of nitrogens with zero attached hydrogens (tertiary/aromatic N) is 4. The molecule has 0 N–H and O–H groups in total. The standard InChI is InChI=1S/C22H32N4O2/c1-17-8-5-10-19(28-4)20(17)22(27)26-13-6-9-18(16-26)21-23-11-15-25(21)14-7-12-24(2)3/h5,8,10-11,15,18H,6-7,9,12-14,16H2,1-4H3/t18-/m0/s1. The molecule has 0 bridgehead atoms. The number of aryl methyl sites for hydroxylation is 2. The Morgan fingerprint density at radius 2 is 2.18 bits per heavy atom. The highest BCUT2D eigenvalue weighted by Crippen LogP contribution is 2.30. The molecule has 1 amide bonds. The van der Waals surface area contributed by atoms with Crippen LogP contribution >= 0.6 is 0 Å². The molecule has 6 heteroatoms. The second-order valence-electron chi connectivity index (χ2n) is 7.88. The Bertz CT molecular complexity index is 800. The van der Waals surface area contributed by atoms with E-state index in [-0.39, 0.29) is 11.8 Å². The fraction of sp³-hybridized carbons (Fsp3) is 0.545. The molecule has 2 heterocycles. The summed E-state index contributed by atoms with van der Waals surface area (Å²) in [5, 5.41) is 0. The van der Waals surface area contributed by atoms with Gasteiger partial charge in [0.25, 0.3) is 5.91 Å². The lowest BCUT2D eigenvalue weighted by molar-refractivity contribution is 0.0699. The van der Waals surface area contributed by atoms with Crippen molar-refractivity contribution in [2.75, 3.05) is 40.8 Å². The number of rotatable bonds is 7. The average Bonchev–Trinajstić information content (AvgIpc) is 3.15. The van der Waals surface area contributed by atoms with E-state index in [4.69, 9.17) is 4.74 Å². The van der Waals surface area contributed by atoms with Crippen molar-refractivity contribution < 1.29 is 9.53 Å². The maximum absolute atomic E-state index is 13.3. The number of ether oxygens (including phenoxy) is 1. The number of hydrogen-bond acceptors (Lipinski definition) is 4. The van der Waals surface area contributed by atoms with Crippen molar-refractivity contribution in [2.45, 2.75) is 38.6 Å². The summed E-state index contributed by atoms with van der Waals surface area (Å²) in [6.07, 6.45) is 7.10. The Balaban J connectivity index is 1.73. The lowest BCUT2D eigenvalue weighted by Gasteiger charge is -2.33. The minimum atomic E-state index is 0.0605. The lowest BCUT2D eigenvalue weighted by Crippen LogP contribution is -2.40. The summed E-state index contributed by atoms with van der Waals surface area (Å²) in [6, 6.07) is 5.75. The number of benzene rings is 1. The van der Waals surface area contributed by atoms with Crippen LogP contribution in [-0.4, -0.2) is 66.1 Å². The van der Waals surface area contributed by atoms with E-state index in [9.17, 15) is 4.79 Å². The highest BCUT2D eigenvalue weighted by Gasteiger charge is 2.29. The van der Waals surface area contributed by atoms with E-state index in [2.05, 4.69) is 34.7 Å². The molecule has 1 aliphatic rings. The second kappa shape index (κ2) is 9.24.